The molecule has 8 heteroatoms. The number of rotatable bonds is 2. The molecule has 5 rings (SSSR count). The van der Waals surface area contributed by atoms with Gasteiger partial charge in [0.05, 0.1) is 51.8 Å². The van der Waals surface area contributed by atoms with Crippen LogP contribution in [0.3, 0.4) is 0 Å². The number of carbonyl (C=O) groups is 2. The third-order valence-corrected chi connectivity index (χ3v) is 4.83. The molecular weight excluding hydrogens is 288 g/mol. The van der Waals surface area contributed by atoms with Gasteiger partial charge in [-0.1, -0.05) is 0 Å². The van der Waals surface area contributed by atoms with Gasteiger partial charge < -0.3 is 10.2 Å². The number of nitrogens with zero attached hydrogens (tertiary/aromatic N) is 4. The Morgan fingerprint density at radius 2 is 0.818 bits per heavy atom. The molecule has 4 aliphatic heterocycles. The van der Waals surface area contributed by atoms with Crippen molar-refractivity contribution >= 4 is 11.9 Å². The summed E-state index contributed by atoms with van der Waals surface area (Å²) < 4.78 is 0. The summed E-state index contributed by atoms with van der Waals surface area (Å²) in [6.45, 7) is 7.12. The van der Waals surface area contributed by atoms with Crippen LogP contribution in [-0.4, -0.2) is 81.8 Å². The minimum Gasteiger partial charge on any atom is -0.481 e. The van der Waals surface area contributed by atoms with E-state index in [1.165, 1.54) is 40.0 Å². The SMILES string of the molecule is C1N2CN3CN1CN(C2)C3.O=C(O)C1CCC(C(=O)O)CC1. The first-order valence-corrected chi connectivity index (χ1v) is 7.86. The molecule has 0 aromatic rings. The molecule has 0 aromatic heterocycles. The molecule has 0 amide bonds. The van der Waals surface area contributed by atoms with Gasteiger partial charge in [0.2, 0.25) is 0 Å². The van der Waals surface area contributed by atoms with Crippen molar-refractivity contribution in [2.45, 2.75) is 25.7 Å². The zero-order chi connectivity index (χ0) is 15.7. The Hall–Kier alpha value is -1.22. The van der Waals surface area contributed by atoms with E-state index in [0.717, 1.165) is 0 Å². The van der Waals surface area contributed by atoms with Crippen LogP contribution in [0.4, 0.5) is 0 Å². The molecule has 22 heavy (non-hydrogen) atoms. The second kappa shape index (κ2) is 6.49. The normalized spacial score (nSPS) is 42.4. The van der Waals surface area contributed by atoms with Crippen LogP contribution in [0, 0.1) is 11.8 Å². The highest BCUT2D eigenvalue weighted by Crippen LogP contribution is 2.28. The molecule has 0 unspecified atom stereocenters. The van der Waals surface area contributed by atoms with Crippen LogP contribution < -0.4 is 0 Å². The van der Waals surface area contributed by atoms with Crippen LogP contribution >= 0.6 is 0 Å². The number of carboxylic acids is 2. The van der Waals surface area contributed by atoms with Crippen LogP contribution in [0.5, 0.6) is 0 Å². The quantitative estimate of drug-likeness (QED) is 0.733. The van der Waals surface area contributed by atoms with Gasteiger partial charge in [-0.05, 0) is 25.7 Å². The minimum atomic E-state index is -0.793. The van der Waals surface area contributed by atoms with E-state index in [-0.39, 0.29) is 11.8 Å². The second-order valence-electron chi connectivity index (χ2n) is 6.76. The molecule has 1 saturated carbocycles. The lowest BCUT2D eigenvalue weighted by molar-refractivity contribution is -0.194. The van der Waals surface area contributed by atoms with Crippen molar-refractivity contribution in [2.24, 2.45) is 11.8 Å². The van der Waals surface area contributed by atoms with Crippen LogP contribution in [0.2, 0.25) is 0 Å². The molecule has 0 aromatic carbocycles. The number of hydrogen-bond donors (Lipinski definition) is 2. The first-order chi connectivity index (χ1) is 10.5. The van der Waals surface area contributed by atoms with Crippen LogP contribution in [-0.2, 0) is 9.59 Å². The monoisotopic (exact) mass is 312 g/mol. The summed E-state index contributed by atoms with van der Waals surface area (Å²) in [4.78, 5) is 30.8. The Labute approximate surface area is 129 Å². The molecule has 4 saturated heterocycles. The predicted molar refractivity (Wildman–Crippen MR) is 77.3 cm³/mol. The van der Waals surface area contributed by atoms with Gasteiger partial charge in [0, 0.05) is 0 Å². The Balaban J connectivity index is 0.000000132. The number of hydrogen-bond acceptors (Lipinski definition) is 6. The van der Waals surface area contributed by atoms with Crippen LogP contribution in [0.1, 0.15) is 25.7 Å². The van der Waals surface area contributed by atoms with E-state index in [9.17, 15) is 9.59 Å². The Kier molecular flexibility index (Phi) is 4.62. The smallest absolute Gasteiger partial charge is 0.306 e. The minimum absolute atomic E-state index is 0.319. The van der Waals surface area contributed by atoms with E-state index in [0.29, 0.717) is 25.7 Å². The maximum absolute atomic E-state index is 10.5. The van der Waals surface area contributed by atoms with Gasteiger partial charge in [0.15, 0.2) is 0 Å². The molecule has 4 bridgehead atoms. The third-order valence-electron chi connectivity index (χ3n) is 4.83. The summed E-state index contributed by atoms with van der Waals surface area (Å²) in [5.41, 5.74) is 0. The highest BCUT2D eigenvalue weighted by molar-refractivity contribution is 5.72. The first kappa shape index (κ1) is 15.7. The van der Waals surface area contributed by atoms with Crippen molar-refractivity contribution in [3.05, 3.63) is 0 Å². The number of aliphatic carboxylic acids is 2. The standard InChI is InChI=1S/C8H12O4.C6H12N4/c9-7(10)5-1-2-6(4-3-5)8(11)12;1-7-2-9-4-8(1)5-10(3-7)6-9/h5-6H,1-4H2,(H,9,10)(H,11,12);1-6H2. The Morgan fingerprint density at radius 1 is 0.591 bits per heavy atom. The van der Waals surface area contributed by atoms with Crippen molar-refractivity contribution in [1.82, 2.24) is 19.6 Å². The molecule has 1 aliphatic carbocycles. The summed E-state index contributed by atoms with van der Waals surface area (Å²) >= 11 is 0. The van der Waals surface area contributed by atoms with E-state index in [1.807, 2.05) is 0 Å². The van der Waals surface area contributed by atoms with Gasteiger partial charge in [0.25, 0.3) is 0 Å². The summed E-state index contributed by atoms with van der Waals surface area (Å²) in [7, 11) is 0. The third kappa shape index (κ3) is 3.57. The van der Waals surface area contributed by atoms with Crippen molar-refractivity contribution in [2.75, 3.05) is 40.0 Å². The van der Waals surface area contributed by atoms with Gasteiger partial charge in [0.1, 0.15) is 0 Å². The molecule has 5 aliphatic rings. The fraction of sp³-hybridized carbons (Fsp3) is 0.857. The lowest BCUT2D eigenvalue weighted by Gasteiger charge is -2.56. The maximum atomic E-state index is 10.5. The zero-order valence-electron chi connectivity index (χ0n) is 12.7. The lowest BCUT2D eigenvalue weighted by Crippen LogP contribution is -2.71. The van der Waals surface area contributed by atoms with Gasteiger partial charge in [-0.25, -0.2) is 0 Å². The largest absolute Gasteiger partial charge is 0.481 e. The number of carboxylic acid groups (broad SMARTS) is 2. The highest BCUT2D eigenvalue weighted by atomic mass is 16.4. The van der Waals surface area contributed by atoms with Gasteiger partial charge in [-0.3, -0.25) is 29.2 Å². The molecular formula is C14H24N4O4. The Bertz CT molecular complexity index is 358. The summed E-state index contributed by atoms with van der Waals surface area (Å²) in [5, 5.41) is 17.2. The zero-order valence-corrected chi connectivity index (χ0v) is 12.7. The van der Waals surface area contributed by atoms with Crippen molar-refractivity contribution in [3.63, 3.8) is 0 Å². The topological polar surface area (TPSA) is 87.6 Å². The fourth-order valence-electron chi connectivity index (χ4n) is 3.82. The van der Waals surface area contributed by atoms with Crippen LogP contribution in [0.25, 0.3) is 0 Å². The summed E-state index contributed by atoms with van der Waals surface area (Å²) in [6.07, 6.45) is 2.03. The second-order valence-corrected chi connectivity index (χ2v) is 6.76. The molecule has 0 spiro atoms. The van der Waals surface area contributed by atoms with Crippen molar-refractivity contribution in [1.29, 1.82) is 0 Å². The van der Waals surface area contributed by atoms with Crippen molar-refractivity contribution < 1.29 is 19.8 Å². The van der Waals surface area contributed by atoms with E-state index < -0.39 is 11.9 Å². The average Bonchev–Trinajstić information content (AvgIpc) is 2.46. The molecule has 8 nitrogen and oxygen atoms in total. The van der Waals surface area contributed by atoms with Crippen molar-refractivity contribution in [3.8, 4) is 0 Å². The van der Waals surface area contributed by atoms with Gasteiger partial charge in [-0.15, -0.1) is 0 Å². The molecule has 2 N–H and O–H groups in total. The lowest BCUT2D eigenvalue weighted by atomic mass is 9.82. The van der Waals surface area contributed by atoms with E-state index >= 15 is 0 Å². The molecule has 4 heterocycles. The molecule has 0 atom stereocenters. The summed E-state index contributed by atoms with van der Waals surface area (Å²) in [5.74, 6) is -2.22. The van der Waals surface area contributed by atoms with E-state index in [1.54, 1.807) is 0 Å². The first-order valence-electron chi connectivity index (χ1n) is 7.86. The maximum Gasteiger partial charge on any atom is 0.306 e. The fourth-order valence-corrected chi connectivity index (χ4v) is 3.82. The van der Waals surface area contributed by atoms with Crippen LogP contribution in [0.15, 0.2) is 0 Å². The van der Waals surface area contributed by atoms with Gasteiger partial charge >= 0.3 is 11.9 Å². The molecule has 5 fully saturated rings. The Morgan fingerprint density at radius 3 is 1.00 bits per heavy atom. The molecule has 0 radical (unpaired) electrons. The predicted octanol–water partition coefficient (Wildman–Crippen LogP) is -0.0578. The van der Waals surface area contributed by atoms with E-state index in [2.05, 4.69) is 19.6 Å². The highest BCUT2D eigenvalue weighted by Gasteiger charge is 2.36. The average molecular weight is 312 g/mol. The summed E-state index contributed by atoms with van der Waals surface area (Å²) in [6, 6.07) is 0. The molecule has 124 valence electrons. The van der Waals surface area contributed by atoms with Gasteiger partial charge in [-0.2, -0.15) is 0 Å². The van der Waals surface area contributed by atoms with E-state index in [4.69, 9.17) is 10.2 Å².